The average molecular weight is 181 g/mol. The standard InChI is InChI=1S/C10H15NO2/c1-2-3-4-5-6-11-8-9(12)7-10(11)13/h1,9,12H,3-8H2. The monoisotopic (exact) mass is 181 g/mol. The van der Waals surface area contributed by atoms with Crippen molar-refractivity contribution in [3.63, 3.8) is 0 Å². The van der Waals surface area contributed by atoms with Crippen molar-refractivity contribution < 1.29 is 9.90 Å². The molecule has 1 heterocycles. The number of β-amino-alcohol motifs (C(OH)–C–C–N with tert-alkyl or cyclic N) is 1. The Bertz CT molecular complexity index is 219. The molecule has 0 saturated carbocycles. The van der Waals surface area contributed by atoms with Crippen LogP contribution in [0.4, 0.5) is 0 Å². The number of hydrogen-bond donors (Lipinski definition) is 1. The number of aliphatic hydroxyl groups excluding tert-OH is 1. The fourth-order valence-corrected chi connectivity index (χ4v) is 1.50. The number of nitrogens with zero attached hydrogens (tertiary/aromatic N) is 1. The zero-order valence-corrected chi connectivity index (χ0v) is 7.70. The number of rotatable bonds is 4. The van der Waals surface area contributed by atoms with E-state index in [-0.39, 0.29) is 12.3 Å². The lowest BCUT2D eigenvalue weighted by Gasteiger charge is -2.14. The molecule has 1 N–H and O–H groups in total. The van der Waals surface area contributed by atoms with Gasteiger partial charge in [-0.3, -0.25) is 4.79 Å². The number of hydrogen-bond acceptors (Lipinski definition) is 2. The van der Waals surface area contributed by atoms with Crippen LogP contribution in [-0.4, -0.2) is 35.1 Å². The van der Waals surface area contributed by atoms with Gasteiger partial charge in [-0.1, -0.05) is 0 Å². The van der Waals surface area contributed by atoms with Gasteiger partial charge in [-0.2, -0.15) is 0 Å². The topological polar surface area (TPSA) is 40.5 Å². The highest BCUT2D eigenvalue weighted by molar-refractivity contribution is 5.78. The van der Waals surface area contributed by atoms with Crippen LogP contribution in [0.1, 0.15) is 25.7 Å². The normalized spacial score (nSPS) is 22.0. The quantitative estimate of drug-likeness (QED) is 0.503. The number of terminal acetylenes is 1. The maximum atomic E-state index is 11.2. The van der Waals surface area contributed by atoms with Crippen LogP contribution in [0.2, 0.25) is 0 Å². The summed E-state index contributed by atoms with van der Waals surface area (Å²) in [4.78, 5) is 12.9. The van der Waals surface area contributed by atoms with E-state index in [4.69, 9.17) is 6.42 Å². The molecule has 72 valence electrons. The smallest absolute Gasteiger partial charge is 0.225 e. The molecule has 3 heteroatoms. The van der Waals surface area contributed by atoms with Gasteiger partial charge in [-0.15, -0.1) is 12.3 Å². The Morgan fingerprint density at radius 2 is 2.38 bits per heavy atom. The van der Waals surface area contributed by atoms with Crippen molar-refractivity contribution >= 4 is 5.91 Å². The first-order chi connectivity index (χ1) is 6.24. The summed E-state index contributed by atoms with van der Waals surface area (Å²) in [6, 6.07) is 0. The highest BCUT2D eigenvalue weighted by Crippen LogP contribution is 2.11. The summed E-state index contributed by atoms with van der Waals surface area (Å²) < 4.78 is 0. The van der Waals surface area contributed by atoms with Gasteiger partial charge in [0.2, 0.25) is 5.91 Å². The Kier molecular flexibility index (Phi) is 3.78. The van der Waals surface area contributed by atoms with Crippen LogP contribution >= 0.6 is 0 Å². The van der Waals surface area contributed by atoms with Gasteiger partial charge in [0.1, 0.15) is 0 Å². The van der Waals surface area contributed by atoms with Gasteiger partial charge in [0.15, 0.2) is 0 Å². The van der Waals surface area contributed by atoms with E-state index in [0.717, 1.165) is 25.8 Å². The SMILES string of the molecule is C#CCCCCN1CC(O)CC1=O. The Morgan fingerprint density at radius 1 is 1.62 bits per heavy atom. The van der Waals surface area contributed by atoms with E-state index < -0.39 is 6.10 Å². The largest absolute Gasteiger partial charge is 0.391 e. The molecule has 0 aliphatic carbocycles. The highest BCUT2D eigenvalue weighted by atomic mass is 16.3. The van der Waals surface area contributed by atoms with Gasteiger partial charge in [0.25, 0.3) is 0 Å². The van der Waals surface area contributed by atoms with E-state index in [9.17, 15) is 9.90 Å². The van der Waals surface area contributed by atoms with Gasteiger partial charge in [0, 0.05) is 19.5 Å². The lowest BCUT2D eigenvalue weighted by molar-refractivity contribution is -0.127. The van der Waals surface area contributed by atoms with Crippen molar-refractivity contribution in [2.24, 2.45) is 0 Å². The number of likely N-dealkylation sites (tertiary alicyclic amines) is 1. The summed E-state index contributed by atoms with van der Waals surface area (Å²) >= 11 is 0. The van der Waals surface area contributed by atoms with E-state index >= 15 is 0 Å². The van der Waals surface area contributed by atoms with E-state index in [2.05, 4.69) is 5.92 Å². The molecule has 0 spiro atoms. The van der Waals surface area contributed by atoms with Crippen LogP contribution in [0, 0.1) is 12.3 Å². The van der Waals surface area contributed by atoms with Gasteiger partial charge in [-0.05, 0) is 12.8 Å². The van der Waals surface area contributed by atoms with Crippen LogP contribution in [-0.2, 0) is 4.79 Å². The minimum absolute atomic E-state index is 0.0632. The Morgan fingerprint density at radius 3 is 2.92 bits per heavy atom. The minimum Gasteiger partial charge on any atom is -0.391 e. The molecule has 1 fully saturated rings. The lowest BCUT2D eigenvalue weighted by atomic mass is 10.2. The molecule has 3 nitrogen and oxygen atoms in total. The summed E-state index contributed by atoms with van der Waals surface area (Å²) in [6.45, 7) is 1.23. The summed E-state index contributed by atoms with van der Waals surface area (Å²) in [5, 5.41) is 9.18. The number of amides is 1. The van der Waals surface area contributed by atoms with Crippen molar-refractivity contribution in [1.82, 2.24) is 4.90 Å². The molecule has 0 aromatic rings. The molecule has 1 saturated heterocycles. The van der Waals surface area contributed by atoms with Crippen molar-refractivity contribution in [1.29, 1.82) is 0 Å². The van der Waals surface area contributed by atoms with Crippen molar-refractivity contribution in [2.75, 3.05) is 13.1 Å². The second-order valence-electron chi connectivity index (χ2n) is 3.36. The number of carbonyl (C=O) groups excluding carboxylic acids is 1. The van der Waals surface area contributed by atoms with Crippen molar-refractivity contribution in [2.45, 2.75) is 31.8 Å². The predicted molar refractivity (Wildman–Crippen MR) is 49.9 cm³/mol. The zero-order chi connectivity index (χ0) is 9.68. The van der Waals surface area contributed by atoms with E-state index in [1.165, 1.54) is 0 Å². The van der Waals surface area contributed by atoms with Crippen molar-refractivity contribution in [3.8, 4) is 12.3 Å². The fourth-order valence-electron chi connectivity index (χ4n) is 1.50. The summed E-state index contributed by atoms with van der Waals surface area (Å²) in [5.74, 6) is 2.62. The second-order valence-corrected chi connectivity index (χ2v) is 3.36. The number of unbranched alkanes of at least 4 members (excludes halogenated alkanes) is 2. The Hall–Kier alpha value is -1.01. The molecule has 0 aromatic carbocycles. The number of aliphatic hydroxyl groups is 1. The molecule has 0 radical (unpaired) electrons. The van der Waals surface area contributed by atoms with Crippen LogP contribution in [0.3, 0.4) is 0 Å². The average Bonchev–Trinajstić information content (AvgIpc) is 2.39. The molecule has 1 aliphatic rings. The van der Waals surface area contributed by atoms with E-state index in [1.54, 1.807) is 4.90 Å². The molecular formula is C10H15NO2. The van der Waals surface area contributed by atoms with Gasteiger partial charge < -0.3 is 10.0 Å². The van der Waals surface area contributed by atoms with Crippen LogP contribution in [0.5, 0.6) is 0 Å². The first kappa shape index (κ1) is 10.1. The molecule has 1 unspecified atom stereocenters. The Balaban J connectivity index is 2.15. The zero-order valence-electron chi connectivity index (χ0n) is 7.70. The van der Waals surface area contributed by atoms with Crippen molar-refractivity contribution in [3.05, 3.63) is 0 Å². The molecule has 1 amide bonds. The maximum Gasteiger partial charge on any atom is 0.225 e. The minimum atomic E-state index is -0.458. The maximum absolute atomic E-state index is 11.2. The highest BCUT2D eigenvalue weighted by Gasteiger charge is 2.26. The molecule has 1 rings (SSSR count). The molecule has 1 aliphatic heterocycles. The van der Waals surface area contributed by atoms with Gasteiger partial charge in [0.05, 0.1) is 12.5 Å². The molecule has 0 bridgehead atoms. The fraction of sp³-hybridized carbons (Fsp3) is 0.700. The third kappa shape index (κ3) is 3.08. The third-order valence-corrected chi connectivity index (χ3v) is 2.19. The van der Waals surface area contributed by atoms with E-state index in [1.807, 2.05) is 0 Å². The van der Waals surface area contributed by atoms with Crippen LogP contribution < -0.4 is 0 Å². The van der Waals surface area contributed by atoms with E-state index in [0.29, 0.717) is 6.54 Å². The summed E-state index contributed by atoms with van der Waals surface area (Å²) in [6.07, 6.45) is 7.59. The lowest BCUT2D eigenvalue weighted by Crippen LogP contribution is -2.26. The number of carbonyl (C=O) groups is 1. The molecule has 13 heavy (non-hydrogen) atoms. The van der Waals surface area contributed by atoms with Gasteiger partial charge in [-0.25, -0.2) is 0 Å². The van der Waals surface area contributed by atoms with Gasteiger partial charge >= 0.3 is 0 Å². The second kappa shape index (κ2) is 4.88. The first-order valence-electron chi connectivity index (χ1n) is 4.63. The molecule has 1 atom stereocenters. The van der Waals surface area contributed by atoms with Crippen LogP contribution in [0.15, 0.2) is 0 Å². The molecular weight excluding hydrogens is 166 g/mol. The third-order valence-electron chi connectivity index (χ3n) is 2.19. The van der Waals surface area contributed by atoms with Crippen LogP contribution in [0.25, 0.3) is 0 Å². The first-order valence-corrected chi connectivity index (χ1v) is 4.63. The molecule has 0 aromatic heterocycles. The predicted octanol–water partition coefficient (Wildman–Crippen LogP) is 0.383. The Labute approximate surface area is 78.7 Å². The summed E-state index contributed by atoms with van der Waals surface area (Å²) in [7, 11) is 0. The summed E-state index contributed by atoms with van der Waals surface area (Å²) in [5.41, 5.74) is 0.